The minimum Gasteiger partial charge on any atom is -0.110 e. The fourth-order valence-electron chi connectivity index (χ4n) is 0.161. The smallest absolute Gasteiger partial charge is 0.110 e. The molecular weight excluding hydrogens is 296 g/mol. The van der Waals surface area contributed by atoms with Gasteiger partial charge in [0.15, 0.2) is 0 Å². The van der Waals surface area contributed by atoms with E-state index in [1.165, 1.54) is 6.92 Å². The molecule has 0 atom stereocenters. The molecule has 0 aliphatic heterocycles. The molecule has 0 N–H and O–H groups in total. The van der Waals surface area contributed by atoms with Crippen LogP contribution in [0.4, 0.5) is 0 Å². The van der Waals surface area contributed by atoms with Crippen LogP contribution in [0.3, 0.4) is 0 Å². The quantitative estimate of drug-likeness (QED) is 0.568. The first kappa shape index (κ1) is 13.0. The number of halogens is 7. The molecule has 0 saturated carbocycles. The van der Waals surface area contributed by atoms with Crippen LogP contribution >= 0.6 is 81.2 Å². The fourth-order valence-corrected chi connectivity index (χ4v) is 1.45. The van der Waals surface area contributed by atoms with Gasteiger partial charge < -0.3 is 0 Å². The lowest BCUT2D eigenvalue weighted by Gasteiger charge is -2.35. The second kappa shape index (κ2) is 3.65. The van der Waals surface area contributed by atoms with Gasteiger partial charge in [-0.1, -0.05) is 69.6 Å². The van der Waals surface area contributed by atoms with Crippen molar-refractivity contribution >= 4 is 81.2 Å². The molecule has 0 heterocycles. The van der Waals surface area contributed by atoms with Crippen molar-refractivity contribution in [2.45, 2.75) is 19.4 Å². The Kier molecular flexibility index (Phi) is 4.32. The Hall–Kier alpha value is 2.03. The summed E-state index contributed by atoms with van der Waals surface area (Å²) >= 11 is 38.4. The summed E-state index contributed by atoms with van der Waals surface area (Å²) in [5.41, 5.74) is 0. The summed E-state index contributed by atoms with van der Waals surface area (Å²) in [6.45, 7) is 1.33. The minimum atomic E-state index is -1.83. The zero-order valence-electron chi connectivity index (χ0n) is 5.15. The minimum absolute atomic E-state index is 1.33. The van der Waals surface area contributed by atoms with E-state index in [4.69, 9.17) is 81.2 Å². The molecule has 0 saturated heterocycles. The van der Waals surface area contributed by atoms with Gasteiger partial charge in [-0.2, -0.15) is 0 Å². The number of alkyl halides is 7. The summed E-state index contributed by atoms with van der Waals surface area (Å²) in [6, 6.07) is 0. The number of rotatable bonds is 0. The number of hydrogen-bond acceptors (Lipinski definition) is 0. The van der Waals surface area contributed by atoms with Gasteiger partial charge >= 0.3 is 0 Å². The lowest BCUT2D eigenvalue weighted by molar-refractivity contribution is 0.660. The van der Waals surface area contributed by atoms with E-state index < -0.39 is 12.5 Å². The van der Waals surface area contributed by atoms with E-state index in [9.17, 15) is 0 Å². The highest BCUT2D eigenvalue weighted by Crippen LogP contribution is 2.54. The van der Waals surface area contributed by atoms with Crippen LogP contribution < -0.4 is 0 Å². The average Bonchev–Trinajstić information content (AvgIpc) is 1.58. The van der Waals surface area contributed by atoms with Gasteiger partial charge in [0.1, 0.15) is 4.87 Å². The first-order valence-corrected chi connectivity index (χ1v) is 4.97. The average molecular weight is 299 g/mol. The zero-order valence-corrected chi connectivity index (χ0v) is 10.4. The number of hydrogen-bond donors (Lipinski definition) is 0. The van der Waals surface area contributed by atoms with Crippen LogP contribution in [0.25, 0.3) is 0 Å². The molecule has 0 bridgehead atoms. The molecule has 0 spiro atoms. The third-order valence-corrected chi connectivity index (χ3v) is 4.48. The Morgan fingerprint density at radius 2 is 0.818 bits per heavy atom. The normalized spacial score (nSPS) is 15.3. The third kappa shape index (κ3) is 3.02. The molecule has 0 nitrogen and oxygen atoms in total. The van der Waals surface area contributed by atoms with Gasteiger partial charge in [-0.05, 0) is 6.92 Å². The van der Waals surface area contributed by atoms with Gasteiger partial charge in [-0.15, -0.1) is 11.6 Å². The Morgan fingerprint density at radius 1 is 0.636 bits per heavy atom. The van der Waals surface area contributed by atoms with Crippen molar-refractivity contribution in [1.82, 2.24) is 0 Å². The fraction of sp³-hybridized carbons (Fsp3) is 1.00. The van der Waals surface area contributed by atoms with Gasteiger partial charge in [-0.3, -0.25) is 0 Å². The zero-order chi connectivity index (χ0) is 9.50. The van der Waals surface area contributed by atoms with Gasteiger partial charge in [-0.25, -0.2) is 0 Å². The third-order valence-electron chi connectivity index (χ3n) is 1.06. The van der Waals surface area contributed by atoms with Crippen LogP contribution in [0.15, 0.2) is 0 Å². The molecule has 0 amide bonds. The van der Waals surface area contributed by atoms with Crippen molar-refractivity contribution < 1.29 is 0 Å². The van der Waals surface area contributed by atoms with Crippen molar-refractivity contribution in [3.8, 4) is 0 Å². The summed E-state index contributed by atoms with van der Waals surface area (Å²) < 4.78 is -3.67. The van der Waals surface area contributed by atoms with E-state index in [0.29, 0.717) is 0 Å². The molecule has 0 unspecified atom stereocenters. The lowest BCUT2D eigenvalue weighted by atomic mass is 10.2. The van der Waals surface area contributed by atoms with Crippen LogP contribution in [0.2, 0.25) is 0 Å². The van der Waals surface area contributed by atoms with Crippen molar-refractivity contribution in [1.29, 1.82) is 0 Å². The first-order valence-electron chi connectivity index (χ1n) is 2.32. The molecule has 0 aromatic rings. The topological polar surface area (TPSA) is 0 Å². The summed E-state index contributed by atoms with van der Waals surface area (Å²) in [4.78, 5) is -1.56. The van der Waals surface area contributed by atoms with E-state index in [1.807, 2.05) is 0 Å². The Morgan fingerprint density at radius 3 is 0.818 bits per heavy atom. The summed E-state index contributed by atoms with van der Waals surface area (Å²) in [7, 11) is 0. The van der Waals surface area contributed by atoms with E-state index in [2.05, 4.69) is 0 Å². The van der Waals surface area contributed by atoms with Gasteiger partial charge in [0, 0.05) is 0 Å². The van der Waals surface area contributed by atoms with Crippen LogP contribution in [0.1, 0.15) is 6.92 Å². The predicted molar refractivity (Wildman–Crippen MR) is 54.8 cm³/mol. The molecule has 0 aliphatic carbocycles. The molecule has 68 valence electrons. The van der Waals surface area contributed by atoms with E-state index in [-0.39, 0.29) is 0 Å². The molecule has 0 rings (SSSR count). The Balaban J connectivity index is 4.75. The summed E-state index contributed by atoms with van der Waals surface area (Å²) in [5.74, 6) is 0. The van der Waals surface area contributed by atoms with E-state index >= 15 is 0 Å². The molecule has 0 aromatic carbocycles. The molecule has 0 radical (unpaired) electrons. The van der Waals surface area contributed by atoms with Crippen molar-refractivity contribution in [2.75, 3.05) is 0 Å². The summed E-state index contributed by atoms with van der Waals surface area (Å²) in [5, 5.41) is 0. The molecule has 0 aliphatic rings. The van der Waals surface area contributed by atoms with E-state index in [1.54, 1.807) is 0 Å². The Labute approximate surface area is 100.0 Å². The predicted octanol–water partition coefficient (Wildman–Crippen LogP) is 4.72. The monoisotopic (exact) mass is 296 g/mol. The highest BCUT2D eigenvalue weighted by molar-refractivity contribution is 6.77. The first-order chi connectivity index (χ1) is 4.50. The maximum atomic E-state index is 5.70. The maximum absolute atomic E-state index is 5.70. The van der Waals surface area contributed by atoms with Crippen LogP contribution in [-0.2, 0) is 0 Å². The maximum Gasteiger partial charge on any atom is 0.213 e. The van der Waals surface area contributed by atoms with Crippen LogP contribution in [0.5, 0.6) is 0 Å². The molecule has 0 aromatic heterocycles. The Bertz CT molecular complexity index is 122. The van der Waals surface area contributed by atoms with Gasteiger partial charge in [0.25, 0.3) is 0 Å². The van der Waals surface area contributed by atoms with Crippen molar-refractivity contribution in [2.24, 2.45) is 0 Å². The van der Waals surface area contributed by atoms with Crippen LogP contribution in [0, 0.1) is 0 Å². The van der Waals surface area contributed by atoms with Crippen molar-refractivity contribution in [3.05, 3.63) is 0 Å². The second-order valence-corrected chi connectivity index (χ2v) is 7.32. The molecular formula is C4H3Cl7. The molecule has 0 fully saturated rings. The van der Waals surface area contributed by atoms with Gasteiger partial charge in [0.2, 0.25) is 7.59 Å². The lowest BCUT2D eigenvalue weighted by Crippen LogP contribution is -2.45. The van der Waals surface area contributed by atoms with Crippen molar-refractivity contribution in [3.63, 3.8) is 0 Å². The highest BCUT2D eigenvalue weighted by Gasteiger charge is 2.56. The van der Waals surface area contributed by atoms with Gasteiger partial charge in [0.05, 0.1) is 0 Å². The standard InChI is InChI=1S/C4H3Cl7/c1-2(5,3(6,7)8)4(9,10)11/h1H3. The highest BCUT2D eigenvalue weighted by atomic mass is 35.6. The SMILES string of the molecule is CC(Cl)(C(Cl)(Cl)Cl)C(Cl)(Cl)Cl. The summed E-state index contributed by atoms with van der Waals surface area (Å²) in [6.07, 6.45) is 0. The largest absolute Gasteiger partial charge is 0.213 e. The van der Waals surface area contributed by atoms with E-state index in [0.717, 1.165) is 0 Å². The molecule has 7 heteroatoms. The molecule has 11 heavy (non-hydrogen) atoms. The second-order valence-electron chi connectivity index (χ2n) is 2.00. The van der Waals surface area contributed by atoms with Crippen LogP contribution in [-0.4, -0.2) is 12.5 Å².